The number of rotatable bonds is 3. The Morgan fingerprint density at radius 3 is 2.56 bits per heavy atom. The van der Waals surface area contributed by atoms with Gasteiger partial charge in [0.25, 0.3) is 0 Å². The monoisotopic (exact) mass is 298 g/mol. The van der Waals surface area contributed by atoms with Crippen LogP contribution in [-0.4, -0.2) is 5.33 Å². The second kappa shape index (κ2) is 4.03. The summed E-state index contributed by atoms with van der Waals surface area (Å²) >= 11 is 9.97. The van der Waals surface area contributed by atoms with Crippen LogP contribution < -0.4 is 0 Å². The Labute approximate surface area is 111 Å². The maximum Gasteiger partial charge on any atom is 0.0438 e. The van der Waals surface area contributed by atoms with Gasteiger partial charge in [-0.2, -0.15) is 0 Å². The summed E-state index contributed by atoms with van der Waals surface area (Å²) in [7, 11) is 0. The number of hydrogen-bond donors (Lipinski definition) is 0. The molecule has 0 radical (unpaired) electrons. The van der Waals surface area contributed by atoms with E-state index in [9.17, 15) is 0 Å². The Morgan fingerprint density at radius 2 is 1.94 bits per heavy atom. The molecule has 2 aliphatic carbocycles. The van der Waals surface area contributed by atoms with E-state index in [2.05, 4.69) is 28.1 Å². The van der Waals surface area contributed by atoms with Crippen LogP contribution in [0.2, 0.25) is 5.02 Å². The summed E-state index contributed by atoms with van der Waals surface area (Å²) in [6.07, 6.45) is 5.42. The molecular formula is C14H16BrCl. The van der Waals surface area contributed by atoms with Gasteiger partial charge >= 0.3 is 0 Å². The molecule has 1 aromatic rings. The molecule has 2 heteroatoms. The lowest BCUT2D eigenvalue weighted by atomic mass is 9.79. The molecule has 0 heterocycles. The maximum absolute atomic E-state index is 6.25. The highest BCUT2D eigenvalue weighted by Gasteiger charge is 2.53. The van der Waals surface area contributed by atoms with E-state index in [0.717, 1.165) is 28.6 Å². The smallest absolute Gasteiger partial charge is 0.0438 e. The Balaban J connectivity index is 1.80. The van der Waals surface area contributed by atoms with E-state index >= 15 is 0 Å². The fourth-order valence-electron chi connectivity index (χ4n) is 3.35. The molecule has 0 aliphatic heterocycles. The van der Waals surface area contributed by atoms with Crippen molar-refractivity contribution < 1.29 is 0 Å². The lowest BCUT2D eigenvalue weighted by Crippen LogP contribution is -2.23. The van der Waals surface area contributed by atoms with Crippen molar-refractivity contribution in [1.82, 2.24) is 0 Å². The highest BCUT2D eigenvalue weighted by molar-refractivity contribution is 9.09. The van der Waals surface area contributed by atoms with E-state index in [-0.39, 0.29) is 0 Å². The molecule has 2 atom stereocenters. The molecular weight excluding hydrogens is 284 g/mol. The van der Waals surface area contributed by atoms with E-state index in [1.165, 1.54) is 24.8 Å². The molecule has 0 amide bonds. The number of halogens is 2. The van der Waals surface area contributed by atoms with Gasteiger partial charge in [-0.3, -0.25) is 0 Å². The summed E-state index contributed by atoms with van der Waals surface area (Å²) in [5, 5.41) is 2.06. The van der Waals surface area contributed by atoms with Gasteiger partial charge in [0.05, 0.1) is 0 Å². The Kier molecular flexibility index (Phi) is 2.79. The van der Waals surface area contributed by atoms with Crippen molar-refractivity contribution in [3.8, 4) is 0 Å². The van der Waals surface area contributed by atoms with E-state index in [0.29, 0.717) is 5.41 Å². The molecule has 0 N–H and O–H groups in total. The molecule has 0 saturated heterocycles. The van der Waals surface area contributed by atoms with Crippen LogP contribution in [-0.2, 0) is 6.42 Å². The molecule has 2 fully saturated rings. The zero-order chi connectivity index (χ0) is 11.2. The van der Waals surface area contributed by atoms with Crippen molar-refractivity contribution in [2.45, 2.75) is 25.7 Å². The molecule has 0 aromatic heterocycles. The van der Waals surface area contributed by atoms with Crippen LogP contribution in [0, 0.1) is 17.3 Å². The number of fused-ring (bicyclic) bond motifs is 1. The van der Waals surface area contributed by atoms with Gasteiger partial charge in [0.1, 0.15) is 0 Å². The van der Waals surface area contributed by atoms with Crippen LogP contribution in [0.4, 0.5) is 0 Å². The Bertz CT molecular complexity index is 391. The van der Waals surface area contributed by atoms with E-state index < -0.39 is 0 Å². The first-order chi connectivity index (χ1) is 7.72. The molecule has 1 aromatic carbocycles. The average Bonchev–Trinajstić information content (AvgIpc) is 2.91. The van der Waals surface area contributed by atoms with E-state index in [1.54, 1.807) is 0 Å². The van der Waals surface area contributed by atoms with Gasteiger partial charge in [-0.05, 0) is 54.6 Å². The fraction of sp³-hybridized carbons (Fsp3) is 0.571. The number of alkyl halides is 1. The normalized spacial score (nSPS) is 36.1. The largest absolute Gasteiger partial charge is 0.0922 e. The molecule has 0 spiro atoms. The number of hydrogen-bond acceptors (Lipinski definition) is 0. The highest BCUT2D eigenvalue weighted by atomic mass is 79.9. The predicted octanol–water partition coefficient (Wildman–Crippen LogP) is 4.69. The first-order valence-electron chi connectivity index (χ1n) is 6.02. The zero-order valence-corrected chi connectivity index (χ0v) is 11.6. The summed E-state index contributed by atoms with van der Waals surface area (Å²) in [4.78, 5) is 0. The summed E-state index contributed by atoms with van der Waals surface area (Å²) in [5.41, 5.74) is 1.81. The minimum Gasteiger partial charge on any atom is -0.0922 e. The number of benzene rings is 1. The molecule has 3 rings (SSSR count). The van der Waals surface area contributed by atoms with Crippen molar-refractivity contribution >= 4 is 27.5 Å². The van der Waals surface area contributed by atoms with Gasteiger partial charge in [0.2, 0.25) is 0 Å². The van der Waals surface area contributed by atoms with Gasteiger partial charge in [-0.15, -0.1) is 0 Å². The molecule has 2 aliphatic rings. The van der Waals surface area contributed by atoms with E-state index in [1.807, 2.05) is 12.1 Å². The maximum atomic E-state index is 6.25. The van der Waals surface area contributed by atoms with Crippen LogP contribution >= 0.6 is 27.5 Å². The van der Waals surface area contributed by atoms with Gasteiger partial charge < -0.3 is 0 Å². The minimum atomic E-state index is 0.485. The van der Waals surface area contributed by atoms with Crippen LogP contribution in [0.1, 0.15) is 24.8 Å². The Morgan fingerprint density at radius 1 is 1.25 bits per heavy atom. The zero-order valence-electron chi connectivity index (χ0n) is 9.26. The molecule has 86 valence electrons. The minimum absolute atomic E-state index is 0.485. The third-order valence-corrected chi connectivity index (χ3v) is 5.82. The summed E-state index contributed by atoms with van der Waals surface area (Å²) < 4.78 is 0. The second-order valence-electron chi connectivity index (χ2n) is 5.57. The molecule has 2 saturated carbocycles. The summed E-state index contributed by atoms with van der Waals surface area (Å²) in [6, 6.07) is 8.29. The molecule has 0 nitrogen and oxygen atoms in total. The van der Waals surface area contributed by atoms with Gasteiger partial charge in [0.15, 0.2) is 0 Å². The lowest BCUT2D eigenvalue weighted by molar-refractivity contribution is 0.308. The van der Waals surface area contributed by atoms with Crippen molar-refractivity contribution in [3.63, 3.8) is 0 Å². The van der Waals surface area contributed by atoms with Crippen LogP contribution in [0.5, 0.6) is 0 Å². The van der Waals surface area contributed by atoms with E-state index in [4.69, 9.17) is 11.6 Å². The lowest BCUT2D eigenvalue weighted by Gasteiger charge is -2.29. The third-order valence-electron chi connectivity index (χ3n) is 4.27. The topological polar surface area (TPSA) is 0 Å². The van der Waals surface area contributed by atoms with Crippen LogP contribution in [0.25, 0.3) is 0 Å². The van der Waals surface area contributed by atoms with Crippen molar-refractivity contribution in [3.05, 3.63) is 34.9 Å². The van der Waals surface area contributed by atoms with Gasteiger partial charge in [0, 0.05) is 10.4 Å². The second-order valence-corrected chi connectivity index (χ2v) is 6.53. The first-order valence-corrected chi connectivity index (χ1v) is 7.52. The Hall–Kier alpha value is -0.0100. The highest BCUT2D eigenvalue weighted by Crippen LogP contribution is 2.61. The van der Waals surface area contributed by atoms with Crippen molar-refractivity contribution in [1.29, 1.82) is 0 Å². The molecule has 2 unspecified atom stereocenters. The van der Waals surface area contributed by atoms with Gasteiger partial charge in [-0.25, -0.2) is 0 Å². The standard InChI is InChI=1S/C14H16BrCl/c15-9-14(7-11-5-12(11)8-14)6-10-3-1-2-4-13(10)16/h1-4,11-12H,5-9H2. The predicted molar refractivity (Wildman–Crippen MR) is 72.2 cm³/mol. The first kappa shape index (κ1) is 11.1. The quantitative estimate of drug-likeness (QED) is 0.710. The third kappa shape index (κ3) is 1.93. The van der Waals surface area contributed by atoms with Crippen LogP contribution in [0.3, 0.4) is 0 Å². The van der Waals surface area contributed by atoms with Crippen LogP contribution in [0.15, 0.2) is 24.3 Å². The molecule has 16 heavy (non-hydrogen) atoms. The summed E-state index contributed by atoms with van der Waals surface area (Å²) in [6.45, 7) is 0. The SMILES string of the molecule is Clc1ccccc1CC1(CBr)CC2CC2C1. The molecule has 0 bridgehead atoms. The summed E-state index contributed by atoms with van der Waals surface area (Å²) in [5.74, 6) is 2.06. The van der Waals surface area contributed by atoms with Crippen molar-refractivity contribution in [2.24, 2.45) is 17.3 Å². The fourth-order valence-corrected chi connectivity index (χ4v) is 4.21. The van der Waals surface area contributed by atoms with Gasteiger partial charge in [-0.1, -0.05) is 45.7 Å². The average molecular weight is 300 g/mol. The van der Waals surface area contributed by atoms with Crippen molar-refractivity contribution in [2.75, 3.05) is 5.33 Å².